The van der Waals surface area contributed by atoms with Gasteiger partial charge in [0.2, 0.25) is 0 Å². The second kappa shape index (κ2) is 9.61. The van der Waals surface area contributed by atoms with Crippen LogP contribution in [0.4, 0.5) is 0 Å². The molecule has 0 atom stereocenters. The fourth-order valence-electron chi connectivity index (χ4n) is 3.01. The number of phenols is 1. The quantitative estimate of drug-likeness (QED) is 0.301. The van der Waals surface area contributed by atoms with E-state index in [1.807, 2.05) is 55.5 Å². The highest BCUT2D eigenvalue weighted by Crippen LogP contribution is 2.29. The Kier molecular flexibility index (Phi) is 6.27. The molecule has 0 fully saturated rings. The van der Waals surface area contributed by atoms with Crippen molar-refractivity contribution in [2.24, 2.45) is 5.10 Å². The molecule has 0 aliphatic heterocycles. The number of phenolic OH excluding ortho intramolecular Hbond substituents is 1. The number of amides is 1. The van der Waals surface area contributed by atoms with E-state index in [0.29, 0.717) is 18.1 Å². The third-order valence-electron chi connectivity index (χ3n) is 4.77. The lowest BCUT2D eigenvalue weighted by atomic mass is 10.1. The zero-order chi connectivity index (χ0) is 22.3. The molecule has 1 amide bonds. The summed E-state index contributed by atoms with van der Waals surface area (Å²) >= 11 is 0. The van der Waals surface area contributed by atoms with Crippen LogP contribution in [-0.2, 0) is 6.61 Å². The fraction of sp³-hybridized carbons (Fsp3) is 0.0800. The van der Waals surface area contributed by atoms with Crippen LogP contribution in [0.1, 0.15) is 27.2 Å². The number of aromatic nitrogens is 2. The number of para-hydroxylation sites is 1. The molecule has 3 N–H and O–H groups in total. The number of H-pyrrole nitrogens is 1. The lowest BCUT2D eigenvalue weighted by molar-refractivity contribution is 0.0950. The lowest BCUT2D eigenvalue weighted by Crippen LogP contribution is -2.17. The van der Waals surface area contributed by atoms with Crippen LogP contribution in [0.5, 0.6) is 11.5 Å². The van der Waals surface area contributed by atoms with Crippen LogP contribution in [-0.4, -0.2) is 27.4 Å². The van der Waals surface area contributed by atoms with Gasteiger partial charge in [0.25, 0.3) is 5.91 Å². The molecule has 0 spiro atoms. The standard InChI is InChI=1S/C25H22N4O3/c1-17-6-8-19(9-7-17)16-32-24-5-3-2-4-21(24)22-14-23(28-27-22)25(31)29-26-15-18-10-12-20(30)13-11-18/h2-15,30H,16H2,1H3,(H,27,28)(H,29,31). The normalized spacial score (nSPS) is 10.9. The summed E-state index contributed by atoms with van der Waals surface area (Å²) in [7, 11) is 0. The van der Waals surface area contributed by atoms with E-state index in [9.17, 15) is 9.90 Å². The van der Waals surface area contributed by atoms with Crippen LogP contribution in [0, 0.1) is 6.92 Å². The number of carbonyl (C=O) groups is 1. The van der Waals surface area contributed by atoms with E-state index >= 15 is 0 Å². The maximum atomic E-state index is 12.4. The molecule has 7 heteroatoms. The predicted molar refractivity (Wildman–Crippen MR) is 123 cm³/mol. The molecule has 0 radical (unpaired) electrons. The van der Waals surface area contributed by atoms with Gasteiger partial charge in [0.1, 0.15) is 23.8 Å². The van der Waals surface area contributed by atoms with E-state index in [1.165, 1.54) is 11.8 Å². The van der Waals surface area contributed by atoms with E-state index in [-0.39, 0.29) is 11.4 Å². The van der Waals surface area contributed by atoms with Crippen LogP contribution < -0.4 is 10.2 Å². The molecule has 0 aliphatic carbocycles. The van der Waals surface area contributed by atoms with Gasteiger partial charge in [-0.25, -0.2) is 5.43 Å². The van der Waals surface area contributed by atoms with Gasteiger partial charge >= 0.3 is 0 Å². The lowest BCUT2D eigenvalue weighted by Gasteiger charge is -2.10. The minimum atomic E-state index is -0.420. The molecule has 160 valence electrons. The number of aromatic amines is 1. The van der Waals surface area contributed by atoms with Crippen molar-refractivity contribution in [1.82, 2.24) is 15.6 Å². The van der Waals surface area contributed by atoms with Crippen molar-refractivity contribution in [1.29, 1.82) is 0 Å². The smallest absolute Gasteiger partial charge is 0.289 e. The molecular weight excluding hydrogens is 404 g/mol. The molecule has 3 aromatic carbocycles. The topological polar surface area (TPSA) is 99.6 Å². The number of aromatic hydroxyl groups is 1. The second-order valence-electron chi connectivity index (χ2n) is 7.23. The molecular formula is C25H22N4O3. The first-order chi connectivity index (χ1) is 15.6. The number of rotatable bonds is 7. The Bertz CT molecular complexity index is 1230. The van der Waals surface area contributed by atoms with Gasteiger partial charge in [-0.15, -0.1) is 0 Å². The number of ether oxygens (including phenoxy) is 1. The van der Waals surface area contributed by atoms with E-state index in [4.69, 9.17) is 4.74 Å². The van der Waals surface area contributed by atoms with Crippen molar-refractivity contribution in [3.63, 3.8) is 0 Å². The van der Waals surface area contributed by atoms with Gasteiger partial charge in [0, 0.05) is 5.56 Å². The number of hydrazone groups is 1. The van der Waals surface area contributed by atoms with Gasteiger partial charge in [0.05, 0.1) is 11.9 Å². The highest BCUT2D eigenvalue weighted by molar-refractivity contribution is 5.94. The Hall–Kier alpha value is -4.39. The van der Waals surface area contributed by atoms with Crippen LogP contribution in [0.2, 0.25) is 0 Å². The molecule has 0 bridgehead atoms. The number of nitrogens with one attached hydrogen (secondary N) is 2. The minimum Gasteiger partial charge on any atom is -0.508 e. The zero-order valence-corrected chi connectivity index (χ0v) is 17.4. The highest BCUT2D eigenvalue weighted by Gasteiger charge is 2.13. The van der Waals surface area contributed by atoms with Crippen molar-refractivity contribution in [2.45, 2.75) is 13.5 Å². The molecule has 1 aromatic heterocycles. The van der Waals surface area contributed by atoms with Crippen molar-refractivity contribution >= 4 is 12.1 Å². The van der Waals surface area contributed by atoms with Gasteiger partial charge in [-0.1, -0.05) is 42.0 Å². The molecule has 0 saturated carbocycles. The Morgan fingerprint density at radius 2 is 1.84 bits per heavy atom. The Balaban J connectivity index is 1.43. The van der Waals surface area contributed by atoms with Gasteiger partial charge in [-0.05, 0) is 60.5 Å². The average Bonchev–Trinajstić information content (AvgIpc) is 3.30. The number of hydrogen-bond donors (Lipinski definition) is 3. The molecule has 4 aromatic rings. The Morgan fingerprint density at radius 1 is 1.09 bits per heavy atom. The van der Waals surface area contributed by atoms with E-state index < -0.39 is 5.91 Å². The van der Waals surface area contributed by atoms with Gasteiger partial charge < -0.3 is 9.84 Å². The van der Waals surface area contributed by atoms with Crippen LogP contribution in [0.25, 0.3) is 11.3 Å². The van der Waals surface area contributed by atoms with E-state index in [1.54, 1.807) is 30.3 Å². The van der Waals surface area contributed by atoms with Crippen molar-refractivity contribution in [3.05, 3.63) is 101 Å². The van der Waals surface area contributed by atoms with Crippen molar-refractivity contribution in [2.75, 3.05) is 0 Å². The summed E-state index contributed by atoms with van der Waals surface area (Å²) in [5.41, 5.74) is 7.12. The summed E-state index contributed by atoms with van der Waals surface area (Å²) in [5, 5.41) is 20.2. The summed E-state index contributed by atoms with van der Waals surface area (Å²) in [6, 6.07) is 23.8. The minimum absolute atomic E-state index is 0.166. The third kappa shape index (κ3) is 5.20. The highest BCUT2D eigenvalue weighted by atomic mass is 16.5. The van der Waals surface area contributed by atoms with Gasteiger partial charge in [-0.3, -0.25) is 9.89 Å². The maximum Gasteiger partial charge on any atom is 0.289 e. The summed E-state index contributed by atoms with van der Waals surface area (Å²) in [4.78, 5) is 12.4. The summed E-state index contributed by atoms with van der Waals surface area (Å²) < 4.78 is 6.01. The SMILES string of the molecule is Cc1ccc(COc2ccccc2-c2cc(C(=O)NN=Cc3ccc(O)cc3)[nH]n2)cc1. The summed E-state index contributed by atoms with van der Waals surface area (Å²) in [6.07, 6.45) is 1.49. The second-order valence-corrected chi connectivity index (χ2v) is 7.23. The predicted octanol–water partition coefficient (Wildman–Crippen LogP) is 4.43. The largest absolute Gasteiger partial charge is 0.508 e. The average molecular weight is 426 g/mol. The van der Waals surface area contributed by atoms with E-state index in [0.717, 1.165) is 16.7 Å². The number of carbonyl (C=O) groups excluding carboxylic acids is 1. The fourth-order valence-corrected chi connectivity index (χ4v) is 3.01. The molecule has 4 rings (SSSR count). The summed E-state index contributed by atoms with van der Waals surface area (Å²) in [5.74, 6) is 0.424. The third-order valence-corrected chi connectivity index (χ3v) is 4.77. The first-order valence-corrected chi connectivity index (χ1v) is 10.0. The monoisotopic (exact) mass is 426 g/mol. The Labute approximate surface area is 185 Å². The maximum absolute atomic E-state index is 12.4. The van der Waals surface area contributed by atoms with Crippen molar-refractivity contribution in [3.8, 4) is 22.8 Å². The summed E-state index contributed by atoms with van der Waals surface area (Å²) in [6.45, 7) is 2.48. The molecule has 0 aliphatic rings. The first kappa shape index (κ1) is 20.9. The first-order valence-electron chi connectivity index (χ1n) is 10.0. The van der Waals surface area contributed by atoms with E-state index in [2.05, 4.69) is 20.7 Å². The number of nitrogens with zero attached hydrogens (tertiary/aromatic N) is 2. The number of aryl methyl sites for hydroxylation is 1. The molecule has 7 nitrogen and oxygen atoms in total. The molecule has 0 unspecified atom stereocenters. The van der Waals surface area contributed by atoms with Crippen LogP contribution >= 0.6 is 0 Å². The molecule has 0 saturated heterocycles. The van der Waals surface area contributed by atoms with Crippen LogP contribution in [0.15, 0.2) is 84.0 Å². The molecule has 32 heavy (non-hydrogen) atoms. The van der Waals surface area contributed by atoms with Crippen LogP contribution in [0.3, 0.4) is 0 Å². The van der Waals surface area contributed by atoms with Gasteiger partial charge in [0.15, 0.2) is 0 Å². The number of hydrogen-bond acceptors (Lipinski definition) is 5. The number of benzene rings is 3. The van der Waals surface area contributed by atoms with Crippen molar-refractivity contribution < 1.29 is 14.6 Å². The van der Waals surface area contributed by atoms with Gasteiger partial charge in [-0.2, -0.15) is 10.2 Å². The Morgan fingerprint density at radius 3 is 2.62 bits per heavy atom. The zero-order valence-electron chi connectivity index (χ0n) is 17.4. The molecule has 1 heterocycles.